The lowest BCUT2D eigenvalue weighted by molar-refractivity contribution is -0.0609. The van der Waals surface area contributed by atoms with Crippen LogP contribution in [0.2, 0.25) is 0 Å². The minimum atomic E-state index is -0.381. The van der Waals surface area contributed by atoms with Gasteiger partial charge in [0.15, 0.2) is 0 Å². The molecule has 0 spiro atoms. The predicted molar refractivity (Wildman–Crippen MR) is 81.8 cm³/mol. The Labute approximate surface area is 127 Å². The first-order valence-electron chi connectivity index (χ1n) is 8.04. The van der Waals surface area contributed by atoms with E-state index < -0.39 is 0 Å². The zero-order chi connectivity index (χ0) is 15.6. The van der Waals surface area contributed by atoms with Crippen LogP contribution in [0.3, 0.4) is 0 Å². The quantitative estimate of drug-likeness (QED) is 0.903. The van der Waals surface area contributed by atoms with Gasteiger partial charge in [0.1, 0.15) is 5.60 Å². The van der Waals surface area contributed by atoms with Crippen molar-refractivity contribution in [2.24, 2.45) is 17.6 Å². The summed E-state index contributed by atoms with van der Waals surface area (Å²) in [6.45, 7) is 8.54. The molecule has 5 nitrogen and oxygen atoms in total. The van der Waals surface area contributed by atoms with Crippen LogP contribution in [0.25, 0.3) is 0 Å². The second kappa shape index (κ2) is 6.44. The van der Waals surface area contributed by atoms with Gasteiger partial charge in [-0.05, 0) is 44.4 Å². The van der Waals surface area contributed by atoms with E-state index in [1.807, 2.05) is 6.92 Å². The Morgan fingerprint density at radius 2 is 1.90 bits per heavy atom. The maximum absolute atomic E-state index is 6.08. The summed E-state index contributed by atoms with van der Waals surface area (Å²) in [4.78, 5) is 4.66. The maximum Gasteiger partial charge on any atom is 0.231 e. The van der Waals surface area contributed by atoms with Crippen molar-refractivity contribution in [3.63, 3.8) is 0 Å². The molecule has 5 heteroatoms. The first-order chi connectivity index (χ1) is 9.89. The molecule has 120 valence electrons. The molecule has 1 aromatic rings. The van der Waals surface area contributed by atoms with Crippen LogP contribution in [-0.2, 0) is 10.3 Å². The van der Waals surface area contributed by atoms with E-state index >= 15 is 0 Å². The summed E-state index contributed by atoms with van der Waals surface area (Å²) >= 11 is 0. The number of hydrogen-bond donors (Lipinski definition) is 1. The molecule has 0 aromatic carbocycles. The summed E-state index contributed by atoms with van der Waals surface area (Å²) in [5.74, 6) is 2.53. The van der Waals surface area contributed by atoms with Crippen LogP contribution in [0.4, 0.5) is 0 Å². The van der Waals surface area contributed by atoms with Crippen molar-refractivity contribution < 1.29 is 9.26 Å². The molecule has 2 atom stereocenters. The van der Waals surface area contributed by atoms with Crippen LogP contribution >= 0.6 is 0 Å². The lowest BCUT2D eigenvalue weighted by Crippen LogP contribution is -2.34. The Balaban J connectivity index is 2.25. The summed E-state index contributed by atoms with van der Waals surface area (Å²) in [6.07, 6.45) is 4.18. The fourth-order valence-corrected chi connectivity index (χ4v) is 3.42. The van der Waals surface area contributed by atoms with Crippen LogP contribution in [0, 0.1) is 11.8 Å². The summed E-state index contributed by atoms with van der Waals surface area (Å²) in [7, 11) is 1.75. The molecule has 1 fully saturated rings. The highest BCUT2D eigenvalue weighted by molar-refractivity contribution is 5.07. The summed E-state index contributed by atoms with van der Waals surface area (Å²) < 4.78 is 11.3. The van der Waals surface area contributed by atoms with E-state index in [0.29, 0.717) is 17.6 Å². The van der Waals surface area contributed by atoms with Gasteiger partial charge in [0, 0.05) is 13.2 Å². The van der Waals surface area contributed by atoms with Crippen LogP contribution in [-0.4, -0.2) is 23.3 Å². The molecule has 0 bridgehead atoms. The second-order valence-corrected chi connectivity index (χ2v) is 6.97. The molecule has 1 saturated carbocycles. The van der Waals surface area contributed by atoms with E-state index in [9.17, 15) is 0 Å². The third kappa shape index (κ3) is 3.29. The SMILES string of the molecule is COC1(c2noc(C(C(C)C)C(C)N)n2)CCC(C)CC1. The topological polar surface area (TPSA) is 74.2 Å². The van der Waals surface area contributed by atoms with Crippen LogP contribution in [0.1, 0.15) is 71.0 Å². The number of methoxy groups -OCH3 is 1. The monoisotopic (exact) mass is 295 g/mol. The third-order valence-corrected chi connectivity index (χ3v) is 4.89. The third-order valence-electron chi connectivity index (χ3n) is 4.89. The van der Waals surface area contributed by atoms with E-state index in [-0.39, 0.29) is 17.6 Å². The standard InChI is InChI=1S/C16H29N3O2/c1-10(2)13(12(4)17)14-18-15(19-21-14)16(20-5)8-6-11(3)7-9-16/h10-13H,6-9,17H2,1-5H3. The van der Waals surface area contributed by atoms with E-state index in [0.717, 1.165) is 31.6 Å². The zero-order valence-electron chi connectivity index (χ0n) is 13.9. The van der Waals surface area contributed by atoms with Gasteiger partial charge < -0.3 is 15.0 Å². The second-order valence-electron chi connectivity index (χ2n) is 6.97. The van der Waals surface area contributed by atoms with Gasteiger partial charge in [-0.2, -0.15) is 4.98 Å². The van der Waals surface area contributed by atoms with Crippen LogP contribution in [0.5, 0.6) is 0 Å². The number of hydrogen-bond acceptors (Lipinski definition) is 5. The first kappa shape index (κ1) is 16.4. The Bertz CT molecular complexity index is 440. The molecule has 0 radical (unpaired) electrons. The van der Waals surface area contributed by atoms with Gasteiger partial charge in [0.25, 0.3) is 0 Å². The molecule has 21 heavy (non-hydrogen) atoms. The number of aromatic nitrogens is 2. The first-order valence-corrected chi connectivity index (χ1v) is 8.04. The average molecular weight is 295 g/mol. The van der Waals surface area contributed by atoms with Crippen molar-refractivity contribution >= 4 is 0 Å². The molecule has 2 rings (SSSR count). The molecule has 1 aromatic heterocycles. The zero-order valence-corrected chi connectivity index (χ0v) is 13.9. The Hall–Kier alpha value is -0.940. The van der Waals surface area contributed by atoms with Gasteiger partial charge >= 0.3 is 0 Å². The van der Waals surface area contributed by atoms with Crippen molar-refractivity contribution in [3.05, 3.63) is 11.7 Å². The van der Waals surface area contributed by atoms with E-state index in [1.54, 1.807) is 7.11 Å². The van der Waals surface area contributed by atoms with Gasteiger partial charge in [-0.15, -0.1) is 0 Å². The molecule has 2 unspecified atom stereocenters. The van der Waals surface area contributed by atoms with Gasteiger partial charge in [-0.25, -0.2) is 0 Å². The Kier molecular flexibility index (Phi) is 5.04. The summed E-state index contributed by atoms with van der Waals surface area (Å²) in [5.41, 5.74) is 5.70. The molecular formula is C16H29N3O2. The smallest absolute Gasteiger partial charge is 0.231 e. The minimum absolute atomic E-state index is 0.0110. The molecule has 1 aliphatic carbocycles. The summed E-state index contributed by atoms with van der Waals surface area (Å²) in [5, 5.41) is 4.23. The fraction of sp³-hybridized carbons (Fsp3) is 0.875. The number of nitrogens with two attached hydrogens (primary N) is 1. The number of ether oxygens (including phenoxy) is 1. The van der Waals surface area contributed by atoms with E-state index in [2.05, 4.69) is 30.9 Å². The van der Waals surface area contributed by atoms with Crippen molar-refractivity contribution in [2.45, 2.75) is 70.9 Å². The van der Waals surface area contributed by atoms with Crippen molar-refractivity contribution in [1.29, 1.82) is 0 Å². The summed E-state index contributed by atoms with van der Waals surface area (Å²) in [6, 6.07) is -0.0110. The molecule has 1 aliphatic rings. The van der Waals surface area contributed by atoms with E-state index in [4.69, 9.17) is 15.0 Å². The Morgan fingerprint density at radius 1 is 1.29 bits per heavy atom. The largest absolute Gasteiger partial charge is 0.370 e. The lowest BCUT2D eigenvalue weighted by Gasteiger charge is -2.35. The molecular weight excluding hydrogens is 266 g/mol. The highest BCUT2D eigenvalue weighted by atomic mass is 16.5. The Morgan fingerprint density at radius 3 is 2.38 bits per heavy atom. The van der Waals surface area contributed by atoms with Gasteiger partial charge in [-0.1, -0.05) is 25.9 Å². The van der Waals surface area contributed by atoms with Gasteiger partial charge in [-0.3, -0.25) is 0 Å². The average Bonchev–Trinajstić information content (AvgIpc) is 2.89. The highest BCUT2D eigenvalue weighted by Gasteiger charge is 2.41. The molecule has 2 N–H and O–H groups in total. The highest BCUT2D eigenvalue weighted by Crippen LogP contribution is 2.41. The fourth-order valence-electron chi connectivity index (χ4n) is 3.42. The lowest BCUT2D eigenvalue weighted by atomic mass is 9.79. The van der Waals surface area contributed by atoms with Crippen molar-refractivity contribution in [2.75, 3.05) is 7.11 Å². The number of nitrogens with zero attached hydrogens (tertiary/aromatic N) is 2. The molecule has 0 saturated heterocycles. The predicted octanol–water partition coefficient (Wildman–Crippen LogP) is 3.21. The molecule has 0 amide bonds. The van der Waals surface area contributed by atoms with E-state index in [1.165, 1.54) is 0 Å². The van der Waals surface area contributed by atoms with Crippen molar-refractivity contribution in [3.8, 4) is 0 Å². The van der Waals surface area contributed by atoms with Crippen LogP contribution in [0.15, 0.2) is 4.52 Å². The maximum atomic E-state index is 6.08. The molecule has 1 heterocycles. The minimum Gasteiger partial charge on any atom is -0.370 e. The van der Waals surface area contributed by atoms with Gasteiger partial charge in [0.05, 0.1) is 5.92 Å². The molecule has 0 aliphatic heterocycles. The number of rotatable bonds is 5. The van der Waals surface area contributed by atoms with Crippen molar-refractivity contribution in [1.82, 2.24) is 10.1 Å². The van der Waals surface area contributed by atoms with Crippen LogP contribution < -0.4 is 5.73 Å². The normalized spacial score (nSPS) is 29.6. The van der Waals surface area contributed by atoms with Gasteiger partial charge in [0.2, 0.25) is 11.7 Å².